The maximum atomic E-state index is 13.5. The molecule has 7 heteroatoms. The molecule has 2 saturated heterocycles. The number of likely N-dealkylation sites (tertiary alicyclic amines) is 1. The number of benzene rings is 1. The number of nitrogens with one attached hydrogen (secondary N) is 1. The van der Waals surface area contributed by atoms with Gasteiger partial charge >= 0.3 is 0 Å². The van der Waals surface area contributed by atoms with Crippen LogP contribution >= 0.6 is 0 Å². The van der Waals surface area contributed by atoms with Crippen LogP contribution in [0.1, 0.15) is 31.6 Å². The number of imidazole rings is 1. The molecule has 0 spiro atoms. The third kappa shape index (κ3) is 3.89. The van der Waals surface area contributed by atoms with Gasteiger partial charge in [0.15, 0.2) is 0 Å². The maximum absolute atomic E-state index is 13.5. The molecule has 1 atom stereocenters. The Kier molecular flexibility index (Phi) is 5.22. The highest BCUT2D eigenvalue weighted by Crippen LogP contribution is 2.30. The van der Waals surface area contributed by atoms with E-state index in [-0.39, 0.29) is 17.8 Å². The molecule has 1 unspecified atom stereocenters. The van der Waals surface area contributed by atoms with Gasteiger partial charge in [-0.05, 0) is 25.0 Å². The first kappa shape index (κ1) is 18.1. The average Bonchev–Trinajstić information content (AvgIpc) is 3.18. The van der Waals surface area contributed by atoms with Crippen molar-refractivity contribution in [3.8, 4) is 11.3 Å². The number of hydrogen-bond donors (Lipinski definition) is 1. The van der Waals surface area contributed by atoms with Crippen LogP contribution in [0.5, 0.6) is 0 Å². The van der Waals surface area contributed by atoms with Crippen molar-refractivity contribution >= 4 is 5.91 Å². The summed E-state index contributed by atoms with van der Waals surface area (Å²) >= 11 is 0. The number of ether oxygens (including phenoxy) is 1. The number of nitrogens with zero attached hydrogens (tertiary/aromatic N) is 3. The molecule has 0 aliphatic carbocycles. The third-order valence-corrected chi connectivity index (χ3v) is 5.60. The number of morpholine rings is 1. The molecule has 27 heavy (non-hydrogen) atoms. The van der Waals surface area contributed by atoms with Crippen molar-refractivity contribution in [2.45, 2.75) is 31.8 Å². The first-order valence-electron chi connectivity index (χ1n) is 9.51. The molecular weight excluding hydrogens is 347 g/mol. The predicted octanol–water partition coefficient (Wildman–Crippen LogP) is 2.60. The highest BCUT2D eigenvalue weighted by molar-refractivity contribution is 5.73. The zero-order valence-corrected chi connectivity index (χ0v) is 15.5. The number of amides is 1. The molecule has 3 heterocycles. The van der Waals surface area contributed by atoms with Crippen LogP contribution in [-0.2, 0) is 9.53 Å². The lowest BCUT2D eigenvalue weighted by molar-refractivity contribution is -0.131. The Morgan fingerprint density at radius 2 is 2.11 bits per heavy atom. The molecule has 2 aliphatic rings. The minimum atomic E-state index is -0.261. The first-order valence-corrected chi connectivity index (χ1v) is 9.51. The van der Waals surface area contributed by atoms with Crippen LogP contribution in [-0.4, -0.2) is 64.6 Å². The van der Waals surface area contributed by atoms with Gasteiger partial charge in [-0.2, -0.15) is 0 Å². The topological polar surface area (TPSA) is 61.5 Å². The van der Waals surface area contributed by atoms with E-state index in [1.165, 1.54) is 12.1 Å². The quantitative estimate of drug-likeness (QED) is 0.900. The largest absolute Gasteiger partial charge is 0.378 e. The Bertz CT molecular complexity index is 801. The fourth-order valence-electron chi connectivity index (χ4n) is 4.11. The molecule has 2 aliphatic heterocycles. The molecule has 1 aromatic carbocycles. The molecule has 1 N–H and O–H groups in total. The SMILES string of the molecule is CC(=O)N1CCC(N2CCOCC2c2ncc(-c3cccc(F)c3)[nH]2)CC1. The molecule has 0 radical (unpaired) electrons. The lowest BCUT2D eigenvalue weighted by Crippen LogP contribution is -2.51. The van der Waals surface area contributed by atoms with Gasteiger partial charge in [0, 0.05) is 38.2 Å². The van der Waals surface area contributed by atoms with Crippen molar-refractivity contribution < 1.29 is 13.9 Å². The van der Waals surface area contributed by atoms with Crippen LogP contribution < -0.4 is 0 Å². The molecule has 2 fully saturated rings. The Labute approximate surface area is 158 Å². The van der Waals surface area contributed by atoms with E-state index >= 15 is 0 Å². The zero-order chi connectivity index (χ0) is 18.8. The highest BCUT2D eigenvalue weighted by atomic mass is 19.1. The second kappa shape index (κ2) is 7.78. The molecule has 2 aromatic rings. The molecule has 1 amide bonds. The van der Waals surface area contributed by atoms with E-state index in [9.17, 15) is 9.18 Å². The van der Waals surface area contributed by atoms with Crippen LogP contribution in [0, 0.1) is 5.82 Å². The van der Waals surface area contributed by atoms with E-state index in [2.05, 4.69) is 14.9 Å². The van der Waals surface area contributed by atoms with Crippen molar-refractivity contribution in [3.63, 3.8) is 0 Å². The van der Waals surface area contributed by atoms with Gasteiger partial charge in [0.1, 0.15) is 11.6 Å². The smallest absolute Gasteiger partial charge is 0.219 e. The van der Waals surface area contributed by atoms with Crippen LogP contribution in [0.3, 0.4) is 0 Å². The highest BCUT2D eigenvalue weighted by Gasteiger charge is 2.34. The summed E-state index contributed by atoms with van der Waals surface area (Å²) in [5.74, 6) is 0.740. The first-order chi connectivity index (χ1) is 13.1. The minimum absolute atomic E-state index is 0.0509. The molecule has 1 aromatic heterocycles. The van der Waals surface area contributed by atoms with Gasteiger partial charge in [-0.3, -0.25) is 9.69 Å². The van der Waals surface area contributed by atoms with E-state index in [1.807, 2.05) is 11.0 Å². The standard InChI is InChI=1S/C20H25FN4O2/c1-14(26)24-7-5-17(6-8-24)25-9-10-27-13-19(25)20-22-12-18(23-20)15-3-2-4-16(21)11-15/h2-4,11-12,17,19H,5-10,13H2,1H3,(H,22,23). The monoisotopic (exact) mass is 372 g/mol. The normalized spacial score (nSPS) is 22.1. The maximum Gasteiger partial charge on any atom is 0.219 e. The number of aromatic nitrogens is 2. The second-order valence-electron chi connectivity index (χ2n) is 7.26. The van der Waals surface area contributed by atoms with Crippen molar-refractivity contribution in [2.75, 3.05) is 32.8 Å². The molecule has 144 valence electrons. The fraction of sp³-hybridized carbons (Fsp3) is 0.500. The number of aromatic amines is 1. The lowest BCUT2D eigenvalue weighted by atomic mass is 10.00. The summed E-state index contributed by atoms with van der Waals surface area (Å²) in [4.78, 5) is 23.9. The summed E-state index contributed by atoms with van der Waals surface area (Å²) in [6, 6.07) is 6.97. The number of H-pyrrole nitrogens is 1. The zero-order valence-electron chi connectivity index (χ0n) is 15.5. The summed E-state index contributed by atoms with van der Waals surface area (Å²) < 4.78 is 19.2. The van der Waals surface area contributed by atoms with Crippen molar-refractivity contribution in [3.05, 3.63) is 42.1 Å². The van der Waals surface area contributed by atoms with E-state index in [4.69, 9.17) is 4.74 Å². The van der Waals surface area contributed by atoms with E-state index < -0.39 is 0 Å². The summed E-state index contributed by atoms with van der Waals surface area (Å²) in [5.41, 5.74) is 1.59. The third-order valence-electron chi connectivity index (χ3n) is 5.60. The molecule has 0 bridgehead atoms. The van der Waals surface area contributed by atoms with Crippen LogP contribution in [0.15, 0.2) is 30.5 Å². The van der Waals surface area contributed by atoms with Gasteiger partial charge < -0.3 is 14.6 Å². The van der Waals surface area contributed by atoms with E-state index in [0.29, 0.717) is 19.3 Å². The number of piperidine rings is 1. The molecule has 6 nitrogen and oxygen atoms in total. The van der Waals surface area contributed by atoms with Gasteiger partial charge in [0.2, 0.25) is 5.91 Å². The summed E-state index contributed by atoms with van der Waals surface area (Å²) in [7, 11) is 0. The molecule has 0 saturated carbocycles. The van der Waals surface area contributed by atoms with Crippen molar-refractivity contribution in [1.82, 2.24) is 19.8 Å². The molecule has 4 rings (SSSR count). The Morgan fingerprint density at radius 1 is 1.30 bits per heavy atom. The van der Waals surface area contributed by atoms with Gasteiger partial charge in [-0.15, -0.1) is 0 Å². The van der Waals surface area contributed by atoms with E-state index in [0.717, 1.165) is 49.6 Å². The van der Waals surface area contributed by atoms with Crippen LogP contribution in [0.2, 0.25) is 0 Å². The second-order valence-corrected chi connectivity index (χ2v) is 7.26. The summed E-state index contributed by atoms with van der Waals surface area (Å²) in [5, 5.41) is 0. The van der Waals surface area contributed by atoms with E-state index in [1.54, 1.807) is 19.2 Å². The Hall–Kier alpha value is -2.25. The number of hydrogen-bond acceptors (Lipinski definition) is 4. The number of carbonyl (C=O) groups is 1. The molecular formula is C20H25FN4O2. The predicted molar refractivity (Wildman–Crippen MR) is 99.5 cm³/mol. The van der Waals surface area contributed by atoms with Crippen molar-refractivity contribution in [1.29, 1.82) is 0 Å². The lowest BCUT2D eigenvalue weighted by Gasteiger charge is -2.43. The van der Waals surface area contributed by atoms with Gasteiger partial charge in [-0.25, -0.2) is 9.37 Å². The van der Waals surface area contributed by atoms with Gasteiger partial charge in [0.25, 0.3) is 0 Å². The number of carbonyl (C=O) groups excluding carboxylic acids is 1. The fourth-order valence-corrected chi connectivity index (χ4v) is 4.11. The van der Waals surface area contributed by atoms with Gasteiger partial charge in [0.05, 0.1) is 31.1 Å². The van der Waals surface area contributed by atoms with Crippen molar-refractivity contribution in [2.24, 2.45) is 0 Å². The Balaban J connectivity index is 1.51. The minimum Gasteiger partial charge on any atom is -0.378 e. The van der Waals surface area contributed by atoms with Gasteiger partial charge in [-0.1, -0.05) is 12.1 Å². The summed E-state index contributed by atoms with van der Waals surface area (Å²) in [6.07, 6.45) is 3.69. The average molecular weight is 372 g/mol. The van der Waals surface area contributed by atoms with Crippen LogP contribution in [0.25, 0.3) is 11.3 Å². The van der Waals surface area contributed by atoms with Crippen LogP contribution in [0.4, 0.5) is 4.39 Å². The number of halogens is 1. The number of rotatable bonds is 3. The summed E-state index contributed by atoms with van der Waals surface area (Å²) in [6.45, 7) is 5.39. The Morgan fingerprint density at radius 3 is 2.85 bits per heavy atom.